The van der Waals surface area contributed by atoms with Crippen LogP contribution in [-0.2, 0) is 12.8 Å². The van der Waals surface area contributed by atoms with Crippen LogP contribution in [0.1, 0.15) is 11.1 Å². The quantitative estimate of drug-likeness (QED) is 0.656. The summed E-state index contributed by atoms with van der Waals surface area (Å²) in [6, 6.07) is 4.46. The van der Waals surface area contributed by atoms with Crippen LogP contribution in [-0.4, -0.2) is 0 Å². The second-order valence-corrected chi connectivity index (χ2v) is 5.41. The van der Waals surface area contributed by atoms with Gasteiger partial charge in [0.15, 0.2) is 0 Å². The second kappa shape index (κ2) is 5.28. The molecule has 0 bridgehead atoms. The van der Waals surface area contributed by atoms with Gasteiger partial charge in [-0.15, -0.1) is 35.8 Å². The predicted molar refractivity (Wildman–Crippen MR) is 75.4 cm³/mol. The van der Waals surface area contributed by atoms with Gasteiger partial charge in [0.05, 0.1) is 0 Å². The van der Waals surface area contributed by atoms with Gasteiger partial charge in [-0.1, -0.05) is 12.2 Å². The highest BCUT2D eigenvalue weighted by Crippen LogP contribution is 2.34. The molecule has 82 valence electrons. The number of hydrogen-bond donors (Lipinski definition) is 0. The molecule has 0 spiro atoms. The summed E-state index contributed by atoms with van der Waals surface area (Å²) < 4.78 is 0. The molecule has 2 heteroatoms. The highest BCUT2D eigenvalue weighted by molar-refractivity contribution is 7.20. The molecule has 2 rings (SSSR count). The van der Waals surface area contributed by atoms with Crippen LogP contribution >= 0.6 is 22.7 Å². The van der Waals surface area contributed by atoms with Crippen molar-refractivity contribution in [2.45, 2.75) is 12.8 Å². The molecule has 0 saturated carbocycles. The third-order valence-electron chi connectivity index (χ3n) is 2.37. The summed E-state index contributed by atoms with van der Waals surface area (Å²) in [4.78, 5) is 2.75. The Bertz CT molecular complexity index is 488. The highest BCUT2D eigenvalue weighted by atomic mass is 32.1. The Morgan fingerprint density at radius 3 is 2.69 bits per heavy atom. The molecule has 0 N–H and O–H groups in total. The van der Waals surface area contributed by atoms with E-state index < -0.39 is 0 Å². The average molecular weight is 246 g/mol. The van der Waals surface area contributed by atoms with Crippen molar-refractivity contribution in [3.05, 3.63) is 59.3 Å². The lowest BCUT2D eigenvalue weighted by molar-refractivity contribution is 1.30. The number of rotatable bonds is 5. The van der Waals surface area contributed by atoms with E-state index in [-0.39, 0.29) is 0 Å². The minimum atomic E-state index is 0.952. The lowest BCUT2D eigenvalue weighted by Crippen LogP contribution is -1.78. The zero-order valence-corrected chi connectivity index (χ0v) is 10.7. The number of hydrogen-bond acceptors (Lipinski definition) is 2. The lowest BCUT2D eigenvalue weighted by Gasteiger charge is -1.97. The van der Waals surface area contributed by atoms with Gasteiger partial charge in [0, 0.05) is 9.75 Å². The van der Waals surface area contributed by atoms with E-state index >= 15 is 0 Å². The molecule has 0 unspecified atom stereocenters. The van der Waals surface area contributed by atoms with Crippen molar-refractivity contribution in [2.75, 3.05) is 0 Å². The van der Waals surface area contributed by atoms with E-state index in [0.717, 1.165) is 12.8 Å². The van der Waals surface area contributed by atoms with E-state index in [1.165, 1.54) is 20.9 Å². The maximum absolute atomic E-state index is 3.80. The molecule has 0 aliphatic carbocycles. The van der Waals surface area contributed by atoms with Crippen LogP contribution in [0.15, 0.2) is 48.2 Å². The maximum atomic E-state index is 3.80. The molecule has 0 amide bonds. The normalized spacial score (nSPS) is 10.2. The summed E-state index contributed by atoms with van der Waals surface area (Å²) in [5, 5.41) is 4.37. The van der Waals surface area contributed by atoms with Crippen LogP contribution in [0.25, 0.3) is 9.75 Å². The summed E-state index contributed by atoms with van der Waals surface area (Å²) in [6.45, 7) is 7.57. The Kier molecular flexibility index (Phi) is 3.75. The van der Waals surface area contributed by atoms with Crippen molar-refractivity contribution < 1.29 is 0 Å². The fourth-order valence-electron chi connectivity index (χ4n) is 1.64. The summed E-state index contributed by atoms with van der Waals surface area (Å²) in [5.41, 5.74) is 2.74. The van der Waals surface area contributed by atoms with Crippen molar-refractivity contribution in [2.24, 2.45) is 0 Å². The monoisotopic (exact) mass is 246 g/mol. The molecule has 0 aliphatic rings. The first-order chi connectivity index (χ1) is 7.85. The van der Waals surface area contributed by atoms with Crippen LogP contribution in [0.3, 0.4) is 0 Å². The van der Waals surface area contributed by atoms with Gasteiger partial charge in [-0.25, -0.2) is 0 Å². The van der Waals surface area contributed by atoms with Crippen LogP contribution < -0.4 is 0 Å². The predicted octanol–water partition coefficient (Wildman–Crippen LogP) is 4.93. The minimum absolute atomic E-state index is 0.952. The molecule has 0 saturated heterocycles. The van der Waals surface area contributed by atoms with E-state index in [9.17, 15) is 0 Å². The molecule has 0 fully saturated rings. The van der Waals surface area contributed by atoms with Gasteiger partial charge in [-0.05, 0) is 46.9 Å². The summed E-state index contributed by atoms with van der Waals surface area (Å²) in [7, 11) is 0. The number of allylic oxidation sites excluding steroid dienone is 2. The van der Waals surface area contributed by atoms with E-state index in [4.69, 9.17) is 0 Å². The fourth-order valence-corrected chi connectivity index (χ4v) is 3.67. The maximum Gasteiger partial charge on any atom is 0.0477 e. The summed E-state index contributed by atoms with van der Waals surface area (Å²) in [6.07, 6.45) is 5.82. The standard InChI is InChI=1S/C14H14S2/c1-3-5-11-9-13(16-10-11)14-12(6-4-2)7-8-15-14/h3-4,7-10H,1-2,5-6H2. The van der Waals surface area contributed by atoms with Gasteiger partial charge in [0.2, 0.25) is 0 Å². The van der Waals surface area contributed by atoms with E-state index in [1.54, 1.807) is 0 Å². The Labute approximate surface area is 105 Å². The summed E-state index contributed by atoms with van der Waals surface area (Å²) in [5.74, 6) is 0. The molecule has 0 aromatic carbocycles. The van der Waals surface area contributed by atoms with Crippen LogP contribution in [0.5, 0.6) is 0 Å². The van der Waals surface area contributed by atoms with Gasteiger partial charge in [-0.2, -0.15) is 0 Å². The van der Waals surface area contributed by atoms with Crippen molar-refractivity contribution in [1.29, 1.82) is 0 Å². The highest BCUT2D eigenvalue weighted by Gasteiger charge is 2.08. The zero-order valence-electron chi connectivity index (χ0n) is 9.11. The van der Waals surface area contributed by atoms with E-state index in [2.05, 4.69) is 36.1 Å². The molecule has 16 heavy (non-hydrogen) atoms. The molecular formula is C14H14S2. The van der Waals surface area contributed by atoms with Gasteiger partial charge in [0.25, 0.3) is 0 Å². The molecule has 0 atom stereocenters. The third-order valence-corrected chi connectivity index (χ3v) is 4.48. The first-order valence-electron chi connectivity index (χ1n) is 5.21. The Morgan fingerprint density at radius 2 is 1.94 bits per heavy atom. The topological polar surface area (TPSA) is 0 Å². The van der Waals surface area contributed by atoms with Crippen LogP contribution in [0.4, 0.5) is 0 Å². The first kappa shape index (κ1) is 11.4. The Morgan fingerprint density at radius 1 is 1.12 bits per heavy atom. The van der Waals surface area contributed by atoms with Crippen molar-refractivity contribution >= 4 is 22.7 Å². The molecule has 0 aliphatic heterocycles. The molecule has 2 aromatic rings. The zero-order chi connectivity index (χ0) is 11.4. The lowest BCUT2D eigenvalue weighted by atomic mass is 10.1. The largest absolute Gasteiger partial charge is 0.143 e. The van der Waals surface area contributed by atoms with Crippen LogP contribution in [0, 0.1) is 0 Å². The van der Waals surface area contributed by atoms with E-state index in [0.29, 0.717) is 0 Å². The van der Waals surface area contributed by atoms with Gasteiger partial charge in [-0.3, -0.25) is 0 Å². The van der Waals surface area contributed by atoms with Gasteiger partial charge >= 0.3 is 0 Å². The average Bonchev–Trinajstić information content (AvgIpc) is 2.87. The first-order valence-corrected chi connectivity index (χ1v) is 6.97. The molecule has 0 nitrogen and oxygen atoms in total. The van der Waals surface area contributed by atoms with Gasteiger partial charge in [0.1, 0.15) is 0 Å². The minimum Gasteiger partial charge on any atom is -0.143 e. The second-order valence-electron chi connectivity index (χ2n) is 3.58. The van der Waals surface area contributed by atoms with E-state index in [1.807, 2.05) is 34.8 Å². The Hall–Kier alpha value is -1.12. The van der Waals surface area contributed by atoms with Crippen molar-refractivity contribution in [3.63, 3.8) is 0 Å². The molecule has 2 aromatic heterocycles. The van der Waals surface area contributed by atoms with Crippen molar-refractivity contribution in [1.82, 2.24) is 0 Å². The third kappa shape index (κ3) is 2.34. The van der Waals surface area contributed by atoms with Crippen molar-refractivity contribution in [3.8, 4) is 9.75 Å². The molecule has 2 heterocycles. The Balaban J connectivity index is 2.30. The SMILES string of the molecule is C=CCc1csc(-c2sccc2CC=C)c1. The molecule has 0 radical (unpaired) electrons. The van der Waals surface area contributed by atoms with Gasteiger partial charge < -0.3 is 0 Å². The smallest absolute Gasteiger partial charge is 0.0477 e. The number of thiophene rings is 2. The summed E-state index contributed by atoms with van der Waals surface area (Å²) >= 11 is 3.63. The molecular weight excluding hydrogens is 232 g/mol. The fraction of sp³-hybridized carbons (Fsp3) is 0.143. The van der Waals surface area contributed by atoms with Crippen LogP contribution in [0.2, 0.25) is 0 Å².